The van der Waals surface area contributed by atoms with Crippen molar-refractivity contribution in [2.24, 2.45) is 0 Å². The predicted octanol–water partition coefficient (Wildman–Crippen LogP) is 2.46. The minimum absolute atomic E-state index is 0.738. The Bertz CT molecular complexity index is 462. The molecule has 2 aromatic heterocycles. The standard InChI is InChI=1S/C12H13N3S/c1-2-6-13-10(3-1)11-8-16-12(15-11)7-14-9-4-5-9/h1-3,6,8-9,14H,4-5,7H2. The van der Waals surface area contributed by atoms with Gasteiger partial charge in [0, 0.05) is 24.2 Å². The van der Waals surface area contributed by atoms with Crippen LogP contribution in [0.3, 0.4) is 0 Å². The van der Waals surface area contributed by atoms with Gasteiger partial charge in [0.25, 0.3) is 0 Å². The Kier molecular flexibility index (Phi) is 2.68. The van der Waals surface area contributed by atoms with Crippen LogP contribution in [0.15, 0.2) is 29.8 Å². The zero-order valence-corrected chi connectivity index (χ0v) is 9.70. The van der Waals surface area contributed by atoms with Crippen molar-refractivity contribution in [2.75, 3.05) is 0 Å². The molecule has 0 spiro atoms. The fraction of sp³-hybridized carbons (Fsp3) is 0.333. The Morgan fingerprint density at radius 1 is 1.31 bits per heavy atom. The highest BCUT2D eigenvalue weighted by Gasteiger charge is 2.20. The molecule has 1 saturated carbocycles. The van der Waals surface area contributed by atoms with Crippen molar-refractivity contribution in [1.82, 2.24) is 15.3 Å². The molecule has 2 heterocycles. The number of thiazole rings is 1. The molecular weight excluding hydrogens is 218 g/mol. The zero-order chi connectivity index (χ0) is 10.8. The van der Waals surface area contributed by atoms with Crippen molar-refractivity contribution in [1.29, 1.82) is 0 Å². The van der Waals surface area contributed by atoms with E-state index in [1.54, 1.807) is 17.5 Å². The molecule has 0 bridgehead atoms. The van der Waals surface area contributed by atoms with E-state index in [2.05, 4.69) is 20.7 Å². The lowest BCUT2D eigenvalue weighted by molar-refractivity contribution is 0.685. The number of hydrogen-bond acceptors (Lipinski definition) is 4. The molecular formula is C12H13N3S. The minimum atomic E-state index is 0.738. The van der Waals surface area contributed by atoms with Crippen molar-refractivity contribution in [3.05, 3.63) is 34.8 Å². The number of hydrogen-bond donors (Lipinski definition) is 1. The summed E-state index contributed by atoms with van der Waals surface area (Å²) in [7, 11) is 0. The largest absolute Gasteiger partial charge is 0.308 e. The molecule has 4 heteroatoms. The van der Waals surface area contributed by atoms with Gasteiger partial charge in [-0.1, -0.05) is 6.07 Å². The molecule has 0 atom stereocenters. The normalized spacial score (nSPS) is 15.2. The summed E-state index contributed by atoms with van der Waals surface area (Å²) in [5.41, 5.74) is 1.94. The van der Waals surface area contributed by atoms with Gasteiger partial charge < -0.3 is 5.32 Å². The highest BCUT2D eigenvalue weighted by molar-refractivity contribution is 7.09. The Balaban J connectivity index is 1.71. The van der Waals surface area contributed by atoms with Crippen LogP contribution in [0.1, 0.15) is 17.8 Å². The summed E-state index contributed by atoms with van der Waals surface area (Å²) < 4.78 is 0. The van der Waals surface area contributed by atoms with Crippen molar-refractivity contribution < 1.29 is 0 Å². The summed E-state index contributed by atoms with van der Waals surface area (Å²) >= 11 is 1.70. The maximum atomic E-state index is 4.57. The number of nitrogens with one attached hydrogen (secondary N) is 1. The van der Waals surface area contributed by atoms with E-state index >= 15 is 0 Å². The van der Waals surface area contributed by atoms with Gasteiger partial charge in [0.15, 0.2) is 0 Å². The average Bonchev–Trinajstić information content (AvgIpc) is 3.05. The molecule has 1 N–H and O–H groups in total. The molecule has 0 saturated heterocycles. The van der Waals surface area contributed by atoms with Crippen LogP contribution < -0.4 is 5.32 Å². The Labute approximate surface area is 98.6 Å². The van der Waals surface area contributed by atoms with E-state index in [9.17, 15) is 0 Å². The minimum Gasteiger partial charge on any atom is -0.308 e. The summed E-state index contributed by atoms with van der Waals surface area (Å²) in [5.74, 6) is 0. The second-order valence-corrected chi connectivity index (χ2v) is 4.94. The van der Waals surface area contributed by atoms with Gasteiger partial charge in [0.1, 0.15) is 5.01 Å². The van der Waals surface area contributed by atoms with E-state index in [1.807, 2.05) is 18.2 Å². The zero-order valence-electron chi connectivity index (χ0n) is 8.89. The summed E-state index contributed by atoms with van der Waals surface area (Å²) in [6.07, 6.45) is 4.44. The molecule has 1 aliphatic carbocycles. The first-order valence-electron chi connectivity index (χ1n) is 5.51. The van der Waals surface area contributed by atoms with E-state index in [1.165, 1.54) is 12.8 Å². The quantitative estimate of drug-likeness (QED) is 0.878. The van der Waals surface area contributed by atoms with E-state index in [4.69, 9.17) is 0 Å². The monoisotopic (exact) mass is 231 g/mol. The lowest BCUT2D eigenvalue weighted by Gasteiger charge is -1.97. The molecule has 0 radical (unpaired) electrons. The molecule has 3 rings (SSSR count). The third kappa shape index (κ3) is 2.28. The molecule has 1 fully saturated rings. The van der Waals surface area contributed by atoms with E-state index in [-0.39, 0.29) is 0 Å². The molecule has 1 aliphatic rings. The maximum absolute atomic E-state index is 4.57. The van der Waals surface area contributed by atoms with Gasteiger partial charge in [-0.15, -0.1) is 11.3 Å². The van der Waals surface area contributed by atoms with Crippen molar-refractivity contribution >= 4 is 11.3 Å². The smallest absolute Gasteiger partial charge is 0.107 e. The summed E-state index contributed by atoms with van der Waals surface area (Å²) in [6, 6.07) is 6.64. The Hall–Kier alpha value is -1.26. The number of aromatic nitrogens is 2. The van der Waals surface area contributed by atoms with Crippen molar-refractivity contribution in [3.63, 3.8) is 0 Å². The van der Waals surface area contributed by atoms with Gasteiger partial charge in [-0.3, -0.25) is 4.98 Å². The third-order valence-corrected chi connectivity index (χ3v) is 3.45. The van der Waals surface area contributed by atoms with Crippen LogP contribution in [-0.2, 0) is 6.54 Å². The van der Waals surface area contributed by atoms with Gasteiger partial charge in [-0.05, 0) is 25.0 Å². The molecule has 0 aromatic carbocycles. The Morgan fingerprint density at radius 3 is 3.00 bits per heavy atom. The van der Waals surface area contributed by atoms with Crippen LogP contribution in [0, 0.1) is 0 Å². The van der Waals surface area contributed by atoms with Crippen LogP contribution in [-0.4, -0.2) is 16.0 Å². The van der Waals surface area contributed by atoms with Gasteiger partial charge in [-0.25, -0.2) is 4.98 Å². The lowest BCUT2D eigenvalue weighted by atomic mass is 10.3. The molecule has 3 nitrogen and oxygen atoms in total. The topological polar surface area (TPSA) is 37.8 Å². The van der Waals surface area contributed by atoms with Crippen molar-refractivity contribution in [2.45, 2.75) is 25.4 Å². The molecule has 0 amide bonds. The van der Waals surface area contributed by atoms with E-state index < -0.39 is 0 Å². The third-order valence-electron chi connectivity index (χ3n) is 2.60. The second kappa shape index (κ2) is 4.31. The average molecular weight is 231 g/mol. The number of pyridine rings is 1. The molecule has 16 heavy (non-hydrogen) atoms. The highest BCUT2D eigenvalue weighted by atomic mass is 32.1. The highest BCUT2D eigenvalue weighted by Crippen LogP contribution is 2.22. The van der Waals surface area contributed by atoms with Crippen molar-refractivity contribution in [3.8, 4) is 11.4 Å². The summed E-state index contributed by atoms with van der Waals surface area (Å²) in [6.45, 7) is 0.891. The van der Waals surface area contributed by atoms with E-state index in [0.29, 0.717) is 0 Å². The first-order valence-corrected chi connectivity index (χ1v) is 6.39. The van der Waals surface area contributed by atoms with Crippen LogP contribution >= 0.6 is 11.3 Å². The van der Waals surface area contributed by atoms with Gasteiger partial charge in [-0.2, -0.15) is 0 Å². The number of nitrogens with zero attached hydrogens (tertiary/aromatic N) is 2. The Morgan fingerprint density at radius 2 is 2.25 bits per heavy atom. The molecule has 82 valence electrons. The first kappa shape index (κ1) is 9.93. The van der Waals surface area contributed by atoms with Gasteiger partial charge in [0.05, 0.1) is 11.4 Å². The van der Waals surface area contributed by atoms with Crippen LogP contribution in [0.2, 0.25) is 0 Å². The van der Waals surface area contributed by atoms with Crippen LogP contribution in [0.5, 0.6) is 0 Å². The predicted molar refractivity (Wildman–Crippen MR) is 65.2 cm³/mol. The van der Waals surface area contributed by atoms with E-state index in [0.717, 1.165) is 29.0 Å². The summed E-state index contributed by atoms with van der Waals surface area (Å²) in [5, 5.41) is 6.69. The molecule has 0 aliphatic heterocycles. The summed E-state index contributed by atoms with van der Waals surface area (Å²) in [4.78, 5) is 8.87. The SMILES string of the molecule is c1ccc(-c2csc(CNC3CC3)n2)nc1. The second-order valence-electron chi connectivity index (χ2n) is 4.00. The lowest BCUT2D eigenvalue weighted by Crippen LogP contribution is -2.14. The fourth-order valence-electron chi connectivity index (χ4n) is 1.54. The maximum Gasteiger partial charge on any atom is 0.107 e. The molecule has 2 aromatic rings. The van der Waals surface area contributed by atoms with Crippen LogP contribution in [0.25, 0.3) is 11.4 Å². The molecule has 0 unspecified atom stereocenters. The number of rotatable bonds is 4. The fourth-order valence-corrected chi connectivity index (χ4v) is 2.28. The first-order chi connectivity index (χ1) is 7.92. The van der Waals surface area contributed by atoms with Gasteiger partial charge >= 0.3 is 0 Å². The van der Waals surface area contributed by atoms with Crippen LogP contribution in [0.4, 0.5) is 0 Å². The van der Waals surface area contributed by atoms with Gasteiger partial charge in [0.2, 0.25) is 0 Å².